The van der Waals surface area contributed by atoms with Crippen molar-refractivity contribution in [1.82, 2.24) is 5.32 Å². The van der Waals surface area contributed by atoms with E-state index in [0.29, 0.717) is 16.0 Å². The van der Waals surface area contributed by atoms with E-state index in [9.17, 15) is 0 Å². The van der Waals surface area contributed by atoms with Crippen LogP contribution in [0.2, 0.25) is 10.0 Å². The molecular formula is C15H19Cl2NO. The first kappa shape index (κ1) is 13.7. The van der Waals surface area contributed by atoms with Gasteiger partial charge < -0.3 is 10.1 Å². The number of piperidine rings is 1. The predicted molar refractivity (Wildman–Crippen MR) is 79.1 cm³/mol. The highest BCUT2D eigenvalue weighted by atomic mass is 35.5. The van der Waals surface area contributed by atoms with Crippen molar-refractivity contribution in [1.29, 1.82) is 0 Å². The van der Waals surface area contributed by atoms with Gasteiger partial charge in [-0.05, 0) is 37.1 Å². The van der Waals surface area contributed by atoms with Crippen molar-refractivity contribution in [3.05, 3.63) is 33.8 Å². The van der Waals surface area contributed by atoms with Crippen molar-refractivity contribution >= 4 is 23.2 Å². The van der Waals surface area contributed by atoms with Crippen molar-refractivity contribution in [2.45, 2.75) is 19.3 Å². The van der Waals surface area contributed by atoms with Gasteiger partial charge in [0.2, 0.25) is 0 Å². The van der Waals surface area contributed by atoms with Gasteiger partial charge in [-0.15, -0.1) is 0 Å². The average Bonchev–Trinajstić information content (AvgIpc) is 2.77. The number of rotatable bonds is 4. The van der Waals surface area contributed by atoms with E-state index in [-0.39, 0.29) is 10.8 Å². The summed E-state index contributed by atoms with van der Waals surface area (Å²) in [5.74, 6) is 0.629. The molecule has 4 heteroatoms. The number of benzene rings is 1. The first-order chi connectivity index (χ1) is 9.06. The lowest BCUT2D eigenvalue weighted by molar-refractivity contribution is 0.0897. The second-order valence-electron chi connectivity index (χ2n) is 5.84. The summed E-state index contributed by atoms with van der Waals surface area (Å²) >= 11 is 12.2. The Kier molecular flexibility index (Phi) is 3.33. The van der Waals surface area contributed by atoms with Gasteiger partial charge in [-0.1, -0.05) is 36.2 Å². The molecule has 1 aromatic carbocycles. The summed E-state index contributed by atoms with van der Waals surface area (Å²) in [6.45, 7) is 8.02. The van der Waals surface area contributed by atoms with Crippen molar-refractivity contribution in [3.8, 4) is 0 Å². The third-order valence-corrected chi connectivity index (χ3v) is 5.83. The van der Waals surface area contributed by atoms with Gasteiger partial charge in [-0.2, -0.15) is 0 Å². The Morgan fingerprint density at radius 2 is 2.16 bits per heavy atom. The smallest absolute Gasteiger partial charge is 0.0595 e. The van der Waals surface area contributed by atoms with Crippen LogP contribution in [0.4, 0.5) is 0 Å². The summed E-state index contributed by atoms with van der Waals surface area (Å²) in [6.07, 6.45) is 0. The second kappa shape index (κ2) is 4.63. The molecule has 1 aromatic rings. The summed E-state index contributed by atoms with van der Waals surface area (Å²) in [4.78, 5) is 0. The van der Waals surface area contributed by atoms with Crippen LogP contribution in [0.3, 0.4) is 0 Å². The van der Waals surface area contributed by atoms with Crippen molar-refractivity contribution in [2.24, 2.45) is 11.3 Å². The van der Waals surface area contributed by atoms with Crippen LogP contribution in [-0.4, -0.2) is 26.3 Å². The minimum Gasteiger partial charge on any atom is -0.381 e. The molecule has 0 bridgehead atoms. The molecule has 0 aromatic heterocycles. The maximum atomic E-state index is 6.19. The van der Waals surface area contributed by atoms with Crippen LogP contribution in [0.15, 0.2) is 18.2 Å². The van der Waals surface area contributed by atoms with Crippen molar-refractivity contribution < 1.29 is 4.74 Å². The minimum atomic E-state index is 0.163. The summed E-state index contributed by atoms with van der Waals surface area (Å²) in [5, 5.41) is 4.76. The first-order valence-electron chi connectivity index (χ1n) is 6.80. The second-order valence-corrected chi connectivity index (χ2v) is 6.65. The van der Waals surface area contributed by atoms with Gasteiger partial charge in [0.25, 0.3) is 0 Å². The number of ether oxygens (including phenoxy) is 1. The van der Waals surface area contributed by atoms with Gasteiger partial charge in [0.1, 0.15) is 0 Å². The number of fused-ring (bicyclic) bond motifs is 1. The summed E-state index contributed by atoms with van der Waals surface area (Å²) in [7, 11) is 0. The number of hydrogen-bond donors (Lipinski definition) is 1. The van der Waals surface area contributed by atoms with Gasteiger partial charge in [0.15, 0.2) is 0 Å². The van der Waals surface area contributed by atoms with Crippen LogP contribution >= 0.6 is 23.2 Å². The molecule has 3 atom stereocenters. The number of hydrogen-bond acceptors (Lipinski definition) is 2. The van der Waals surface area contributed by atoms with E-state index < -0.39 is 0 Å². The quantitative estimate of drug-likeness (QED) is 0.919. The molecule has 1 aliphatic heterocycles. The van der Waals surface area contributed by atoms with E-state index in [2.05, 4.69) is 18.3 Å². The van der Waals surface area contributed by atoms with Gasteiger partial charge in [-0.3, -0.25) is 0 Å². The van der Waals surface area contributed by atoms with Gasteiger partial charge >= 0.3 is 0 Å². The lowest BCUT2D eigenvalue weighted by Crippen LogP contribution is -2.31. The van der Waals surface area contributed by atoms with E-state index in [0.717, 1.165) is 26.3 Å². The zero-order chi connectivity index (χ0) is 13.7. The number of nitrogens with one attached hydrogen (secondary N) is 1. The Balaban J connectivity index is 1.95. The van der Waals surface area contributed by atoms with Crippen LogP contribution in [0.5, 0.6) is 0 Å². The van der Waals surface area contributed by atoms with Crippen LogP contribution in [0, 0.1) is 11.3 Å². The third-order valence-electron chi connectivity index (χ3n) is 5.09. The van der Waals surface area contributed by atoms with Gasteiger partial charge in [-0.25, -0.2) is 0 Å². The molecule has 2 aliphatic rings. The highest BCUT2D eigenvalue weighted by molar-refractivity contribution is 6.42. The average molecular weight is 300 g/mol. The van der Waals surface area contributed by atoms with E-state index in [1.165, 1.54) is 5.56 Å². The normalized spacial score (nSPS) is 36.3. The fraction of sp³-hybridized carbons (Fsp3) is 0.600. The first-order valence-corrected chi connectivity index (χ1v) is 7.56. The molecule has 1 saturated carbocycles. The maximum absolute atomic E-state index is 6.19. The summed E-state index contributed by atoms with van der Waals surface area (Å²) in [5.41, 5.74) is 1.67. The lowest BCUT2D eigenvalue weighted by Gasteiger charge is -2.23. The molecule has 1 saturated heterocycles. The number of halogens is 2. The Morgan fingerprint density at radius 1 is 1.37 bits per heavy atom. The van der Waals surface area contributed by atoms with Crippen molar-refractivity contribution in [3.63, 3.8) is 0 Å². The molecule has 1 heterocycles. The lowest BCUT2D eigenvalue weighted by atomic mass is 9.87. The highest BCUT2D eigenvalue weighted by Crippen LogP contribution is 2.71. The van der Waals surface area contributed by atoms with Crippen LogP contribution in [-0.2, 0) is 10.2 Å². The molecule has 1 N–H and O–H groups in total. The van der Waals surface area contributed by atoms with Crippen LogP contribution in [0.1, 0.15) is 19.4 Å². The maximum Gasteiger partial charge on any atom is 0.0595 e. The minimum absolute atomic E-state index is 0.163. The standard InChI is InChI=1S/C15H19Cl2NO/c1-3-19-9-14(2)13-7-18-8-15(13,14)10-4-5-11(16)12(17)6-10/h4-6,13,18H,3,7-9H2,1-2H3/t13-,14?,15+/m0/s1. The van der Waals surface area contributed by atoms with E-state index in [4.69, 9.17) is 27.9 Å². The Labute approximate surface area is 124 Å². The van der Waals surface area contributed by atoms with Crippen LogP contribution in [0.25, 0.3) is 0 Å². The molecule has 19 heavy (non-hydrogen) atoms. The molecule has 2 fully saturated rings. The van der Waals surface area contributed by atoms with Gasteiger partial charge in [0.05, 0.1) is 16.7 Å². The molecule has 1 aliphatic carbocycles. The molecule has 1 unspecified atom stereocenters. The molecule has 104 valence electrons. The molecule has 3 rings (SSSR count). The molecule has 0 radical (unpaired) electrons. The molecule has 2 nitrogen and oxygen atoms in total. The highest BCUT2D eigenvalue weighted by Gasteiger charge is 2.75. The Morgan fingerprint density at radius 3 is 2.84 bits per heavy atom. The Hall–Kier alpha value is -0.280. The Bertz CT molecular complexity index is 507. The summed E-state index contributed by atoms with van der Waals surface area (Å²) < 4.78 is 5.71. The topological polar surface area (TPSA) is 21.3 Å². The monoisotopic (exact) mass is 299 g/mol. The van der Waals surface area contributed by atoms with E-state index in [1.807, 2.05) is 19.1 Å². The van der Waals surface area contributed by atoms with Gasteiger partial charge in [0, 0.05) is 24.0 Å². The fourth-order valence-electron chi connectivity index (χ4n) is 3.95. The van der Waals surface area contributed by atoms with Crippen LogP contribution < -0.4 is 5.32 Å². The fourth-order valence-corrected chi connectivity index (χ4v) is 4.25. The molecule has 0 spiro atoms. The third kappa shape index (κ3) is 1.77. The van der Waals surface area contributed by atoms with E-state index >= 15 is 0 Å². The van der Waals surface area contributed by atoms with E-state index in [1.54, 1.807) is 0 Å². The zero-order valence-corrected chi connectivity index (χ0v) is 12.8. The molecular weight excluding hydrogens is 281 g/mol. The SMILES string of the molecule is CCOCC1(C)[C@@H]2CNC[C@@]21c1ccc(Cl)c(Cl)c1. The predicted octanol–water partition coefficient (Wildman–Crippen LogP) is 3.51. The van der Waals surface area contributed by atoms with Crippen molar-refractivity contribution in [2.75, 3.05) is 26.3 Å². The molecule has 0 amide bonds. The zero-order valence-electron chi connectivity index (χ0n) is 11.3. The largest absolute Gasteiger partial charge is 0.381 e. The summed E-state index contributed by atoms with van der Waals surface area (Å²) in [6, 6.07) is 6.05.